The van der Waals surface area contributed by atoms with Gasteiger partial charge >= 0.3 is 6.08 Å². The molecule has 0 bridgehead atoms. The van der Waals surface area contributed by atoms with Gasteiger partial charge in [-0.15, -0.1) is 0 Å². The van der Waals surface area contributed by atoms with Crippen LogP contribution in [-0.2, 0) is 9.47 Å². The smallest absolute Gasteiger partial charge is 0.383 e. The highest BCUT2D eigenvalue weighted by Gasteiger charge is 2.08. The molecule has 0 spiro atoms. The fourth-order valence-electron chi connectivity index (χ4n) is 0.866. The van der Waals surface area contributed by atoms with Crippen molar-refractivity contribution in [3.63, 3.8) is 0 Å². The van der Waals surface area contributed by atoms with Crippen molar-refractivity contribution in [3.05, 3.63) is 10.4 Å². The number of hydrogen-bond donors (Lipinski definition) is 0. The first-order valence-corrected chi connectivity index (χ1v) is 4.17. The second-order valence-corrected chi connectivity index (χ2v) is 2.69. The third kappa shape index (κ3) is 3.66. The third-order valence-corrected chi connectivity index (χ3v) is 1.57. The monoisotopic (exact) mass is 184 g/mol. The molecule has 1 atom stereocenters. The summed E-state index contributed by atoms with van der Waals surface area (Å²) < 4.78 is 10.2. The van der Waals surface area contributed by atoms with E-state index in [1.807, 2.05) is 6.92 Å². The molecule has 0 aliphatic carbocycles. The first kappa shape index (κ1) is 9.67. The Bertz CT molecular complexity index is 235. The van der Waals surface area contributed by atoms with Gasteiger partial charge in [-0.05, 0) is 12.0 Å². The van der Waals surface area contributed by atoms with E-state index >= 15 is 0 Å². The zero-order chi connectivity index (χ0) is 9.52. The van der Waals surface area contributed by atoms with E-state index in [-0.39, 0.29) is 6.04 Å². The lowest BCUT2D eigenvalue weighted by atomic mass is 10.3. The predicted molar refractivity (Wildman–Crippen MR) is 47.4 cm³/mol. The Morgan fingerprint density at radius 2 is 2.69 bits per heavy atom. The Morgan fingerprint density at radius 3 is 3.31 bits per heavy atom. The molecular formula is C7H12N4O2. The van der Waals surface area contributed by atoms with Crippen LogP contribution >= 0.6 is 0 Å². The highest BCUT2D eigenvalue weighted by atomic mass is 16.7. The lowest BCUT2D eigenvalue weighted by Gasteiger charge is -2.06. The molecule has 0 amide bonds. The predicted octanol–water partition coefficient (Wildman–Crippen LogP) is 1.48. The topological polar surface area (TPSA) is 79.6 Å². The highest BCUT2D eigenvalue weighted by molar-refractivity contribution is 5.68. The molecule has 13 heavy (non-hydrogen) atoms. The van der Waals surface area contributed by atoms with Gasteiger partial charge in [0.15, 0.2) is 0 Å². The summed E-state index contributed by atoms with van der Waals surface area (Å²) in [6, 6.07) is -0.0491. The van der Waals surface area contributed by atoms with Crippen LogP contribution in [-0.4, -0.2) is 31.9 Å². The van der Waals surface area contributed by atoms with Crippen LogP contribution in [0.25, 0.3) is 10.4 Å². The van der Waals surface area contributed by atoms with Crippen molar-refractivity contribution in [1.82, 2.24) is 0 Å². The van der Waals surface area contributed by atoms with E-state index in [1.54, 1.807) is 0 Å². The Balaban J connectivity index is 2.09. The molecule has 0 N–H and O–H groups in total. The lowest BCUT2D eigenvalue weighted by molar-refractivity contribution is 0.184. The van der Waals surface area contributed by atoms with Crippen LogP contribution in [0.1, 0.15) is 13.3 Å². The standard InChI is InChI=1S/C7H12N4O2/c1-6(10-11-8)2-4-12-7-9-3-5-13-7/h6H,2-5H2,1H3. The summed E-state index contributed by atoms with van der Waals surface area (Å²) in [6.45, 7) is 3.57. The van der Waals surface area contributed by atoms with Crippen LogP contribution in [0.4, 0.5) is 0 Å². The normalized spacial score (nSPS) is 16.8. The van der Waals surface area contributed by atoms with Crippen molar-refractivity contribution < 1.29 is 9.47 Å². The fraction of sp³-hybridized carbons (Fsp3) is 0.857. The first-order valence-electron chi connectivity index (χ1n) is 4.17. The van der Waals surface area contributed by atoms with Gasteiger partial charge < -0.3 is 9.47 Å². The van der Waals surface area contributed by atoms with E-state index in [9.17, 15) is 0 Å². The Hall–Kier alpha value is -1.42. The zero-order valence-electron chi connectivity index (χ0n) is 7.51. The van der Waals surface area contributed by atoms with E-state index in [2.05, 4.69) is 15.0 Å². The second-order valence-electron chi connectivity index (χ2n) is 2.69. The van der Waals surface area contributed by atoms with Crippen molar-refractivity contribution in [3.8, 4) is 0 Å². The van der Waals surface area contributed by atoms with Gasteiger partial charge in [0.05, 0.1) is 13.2 Å². The average Bonchev–Trinajstić information content (AvgIpc) is 2.57. The van der Waals surface area contributed by atoms with E-state index in [1.165, 1.54) is 0 Å². The van der Waals surface area contributed by atoms with Gasteiger partial charge in [0.25, 0.3) is 0 Å². The van der Waals surface area contributed by atoms with Crippen molar-refractivity contribution in [1.29, 1.82) is 0 Å². The van der Waals surface area contributed by atoms with Gasteiger partial charge in [0, 0.05) is 11.0 Å². The summed E-state index contributed by atoms with van der Waals surface area (Å²) in [5.74, 6) is 0. The number of nitrogens with zero attached hydrogens (tertiary/aromatic N) is 4. The third-order valence-electron chi connectivity index (χ3n) is 1.57. The van der Waals surface area contributed by atoms with Gasteiger partial charge in [0.1, 0.15) is 6.61 Å². The molecule has 1 unspecified atom stereocenters. The van der Waals surface area contributed by atoms with E-state index in [0.29, 0.717) is 32.3 Å². The summed E-state index contributed by atoms with van der Waals surface area (Å²) in [5.41, 5.74) is 8.12. The summed E-state index contributed by atoms with van der Waals surface area (Å²) in [4.78, 5) is 6.64. The molecule has 0 saturated heterocycles. The minimum Gasteiger partial charge on any atom is -0.451 e. The van der Waals surface area contributed by atoms with Crippen LogP contribution in [0.3, 0.4) is 0 Å². The van der Waals surface area contributed by atoms with Crippen LogP contribution in [0.5, 0.6) is 0 Å². The molecule has 6 nitrogen and oxygen atoms in total. The zero-order valence-corrected chi connectivity index (χ0v) is 7.51. The Labute approximate surface area is 76.2 Å². The van der Waals surface area contributed by atoms with Gasteiger partial charge in [-0.1, -0.05) is 12.0 Å². The minimum absolute atomic E-state index is 0.0491. The molecule has 1 heterocycles. The molecule has 1 aliphatic rings. The molecule has 0 aromatic rings. The second kappa shape index (κ2) is 5.27. The van der Waals surface area contributed by atoms with Crippen LogP contribution < -0.4 is 0 Å². The molecule has 1 rings (SSSR count). The van der Waals surface area contributed by atoms with E-state index in [0.717, 1.165) is 0 Å². The molecule has 72 valence electrons. The summed E-state index contributed by atoms with van der Waals surface area (Å²) in [6.07, 6.45) is 1.03. The molecule has 0 aromatic heterocycles. The Kier molecular flexibility index (Phi) is 3.92. The molecule has 6 heteroatoms. The summed E-state index contributed by atoms with van der Waals surface area (Å²) in [7, 11) is 0. The highest BCUT2D eigenvalue weighted by Crippen LogP contribution is 2.00. The van der Waals surface area contributed by atoms with Gasteiger partial charge in [0.2, 0.25) is 0 Å². The SMILES string of the molecule is CC(CCOC1=NCCO1)N=[N+]=[N-]. The Morgan fingerprint density at radius 1 is 1.85 bits per heavy atom. The summed E-state index contributed by atoms with van der Waals surface area (Å²) >= 11 is 0. The molecule has 0 saturated carbocycles. The maximum Gasteiger partial charge on any atom is 0.383 e. The lowest BCUT2D eigenvalue weighted by Crippen LogP contribution is -2.09. The summed E-state index contributed by atoms with van der Waals surface area (Å²) in [5, 5.41) is 3.51. The number of aliphatic imine (C=N–C) groups is 1. The fourth-order valence-corrected chi connectivity index (χ4v) is 0.866. The van der Waals surface area contributed by atoms with Crippen molar-refractivity contribution in [2.75, 3.05) is 19.8 Å². The quantitative estimate of drug-likeness (QED) is 0.376. The minimum atomic E-state index is -0.0491. The molecule has 0 aromatic carbocycles. The van der Waals surface area contributed by atoms with Crippen molar-refractivity contribution in [2.45, 2.75) is 19.4 Å². The molecule has 0 fully saturated rings. The first-order chi connectivity index (χ1) is 6.33. The van der Waals surface area contributed by atoms with Crippen LogP contribution in [0, 0.1) is 0 Å². The number of ether oxygens (including phenoxy) is 2. The largest absolute Gasteiger partial charge is 0.451 e. The van der Waals surface area contributed by atoms with Crippen molar-refractivity contribution in [2.24, 2.45) is 10.1 Å². The average molecular weight is 184 g/mol. The number of azide groups is 1. The van der Waals surface area contributed by atoms with E-state index in [4.69, 9.17) is 15.0 Å². The maximum atomic E-state index is 8.12. The van der Waals surface area contributed by atoms with Crippen LogP contribution in [0.15, 0.2) is 10.1 Å². The molecular weight excluding hydrogens is 172 g/mol. The number of hydrogen-bond acceptors (Lipinski definition) is 4. The van der Waals surface area contributed by atoms with Gasteiger partial charge in [-0.25, -0.2) is 4.99 Å². The van der Waals surface area contributed by atoms with Crippen LogP contribution in [0.2, 0.25) is 0 Å². The maximum absolute atomic E-state index is 8.12. The van der Waals surface area contributed by atoms with Gasteiger partial charge in [-0.3, -0.25) is 0 Å². The van der Waals surface area contributed by atoms with E-state index < -0.39 is 0 Å². The van der Waals surface area contributed by atoms with Gasteiger partial charge in [-0.2, -0.15) is 0 Å². The van der Waals surface area contributed by atoms with Crippen molar-refractivity contribution >= 4 is 6.08 Å². The molecule has 0 radical (unpaired) electrons. The molecule has 1 aliphatic heterocycles. The number of rotatable bonds is 4.